The maximum absolute atomic E-state index is 14.4. The van der Waals surface area contributed by atoms with Crippen molar-refractivity contribution in [3.8, 4) is 0 Å². The van der Waals surface area contributed by atoms with Crippen LogP contribution < -0.4 is 10.6 Å². The van der Waals surface area contributed by atoms with Crippen molar-refractivity contribution in [1.29, 1.82) is 0 Å². The summed E-state index contributed by atoms with van der Waals surface area (Å²) in [7, 11) is 0. The molecule has 2 N–H and O–H groups in total. The van der Waals surface area contributed by atoms with Crippen LogP contribution in [0.15, 0.2) is 12.1 Å². The number of fused-ring (bicyclic) bond motifs is 1. The number of imide groups is 2. The summed E-state index contributed by atoms with van der Waals surface area (Å²) in [5.74, 6) is -2.70. The van der Waals surface area contributed by atoms with Gasteiger partial charge in [0.15, 0.2) is 0 Å². The topological polar surface area (TPSA) is 95.6 Å². The van der Waals surface area contributed by atoms with Crippen molar-refractivity contribution in [3.05, 3.63) is 34.6 Å². The van der Waals surface area contributed by atoms with Crippen LogP contribution in [-0.2, 0) is 9.59 Å². The van der Waals surface area contributed by atoms with Crippen molar-refractivity contribution in [3.63, 3.8) is 0 Å². The first-order valence-electron chi connectivity index (χ1n) is 9.55. The van der Waals surface area contributed by atoms with E-state index in [1.54, 1.807) is 0 Å². The van der Waals surface area contributed by atoms with E-state index in [1.807, 2.05) is 13.8 Å². The molecule has 3 aliphatic heterocycles. The highest BCUT2D eigenvalue weighted by molar-refractivity contribution is 6.24. The maximum atomic E-state index is 14.4. The highest BCUT2D eigenvalue weighted by Gasteiger charge is 2.47. The number of rotatable bonds is 2. The Morgan fingerprint density at radius 3 is 2.36 bits per heavy atom. The fourth-order valence-electron chi connectivity index (χ4n) is 4.82. The lowest BCUT2D eigenvalue weighted by atomic mass is 9.74. The van der Waals surface area contributed by atoms with Crippen molar-refractivity contribution in [1.82, 2.24) is 15.5 Å². The van der Waals surface area contributed by atoms with Gasteiger partial charge >= 0.3 is 0 Å². The van der Waals surface area contributed by atoms with Gasteiger partial charge < -0.3 is 5.32 Å². The number of nitrogens with zero attached hydrogens (tertiary/aromatic N) is 1. The predicted molar refractivity (Wildman–Crippen MR) is 97.0 cm³/mol. The normalized spacial score (nSPS) is 30.5. The van der Waals surface area contributed by atoms with E-state index in [2.05, 4.69) is 10.6 Å². The van der Waals surface area contributed by atoms with Gasteiger partial charge in [-0.3, -0.25) is 29.4 Å². The number of carbonyl (C=O) groups is 4. The van der Waals surface area contributed by atoms with Crippen molar-refractivity contribution in [2.45, 2.75) is 38.6 Å². The number of hydrogen-bond acceptors (Lipinski definition) is 5. The second-order valence-corrected chi connectivity index (χ2v) is 8.00. The highest BCUT2D eigenvalue weighted by atomic mass is 19.1. The quantitative estimate of drug-likeness (QED) is 0.743. The van der Waals surface area contributed by atoms with Gasteiger partial charge in [0.2, 0.25) is 11.8 Å². The van der Waals surface area contributed by atoms with Crippen LogP contribution in [0.4, 0.5) is 4.39 Å². The van der Waals surface area contributed by atoms with E-state index < -0.39 is 35.5 Å². The Kier molecular flexibility index (Phi) is 4.53. The number of piperidine rings is 2. The Morgan fingerprint density at radius 1 is 1.04 bits per heavy atom. The molecular formula is C20H22FN3O4. The maximum Gasteiger partial charge on any atom is 0.262 e. The molecule has 4 rings (SSSR count). The Hall–Kier alpha value is -2.61. The zero-order chi connectivity index (χ0) is 20.2. The molecule has 3 heterocycles. The second-order valence-electron chi connectivity index (χ2n) is 8.00. The molecule has 0 saturated carbocycles. The van der Waals surface area contributed by atoms with Crippen LogP contribution >= 0.6 is 0 Å². The van der Waals surface area contributed by atoms with Crippen molar-refractivity contribution >= 4 is 23.6 Å². The minimum atomic E-state index is -1.05. The number of benzene rings is 1. The van der Waals surface area contributed by atoms with Crippen molar-refractivity contribution in [2.24, 2.45) is 11.8 Å². The van der Waals surface area contributed by atoms with E-state index in [9.17, 15) is 23.6 Å². The van der Waals surface area contributed by atoms with Crippen LogP contribution in [0, 0.1) is 17.7 Å². The molecule has 0 aliphatic carbocycles. The fourth-order valence-corrected chi connectivity index (χ4v) is 4.82. The van der Waals surface area contributed by atoms with E-state index in [0.29, 0.717) is 5.56 Å². The molecule has 4 amide bonds. The van der Waals surface area contributed by atoms with E-state index >= 15 is 0 Å². The molecule has 0 aromatic heterocycles. The number of nitrogens with one attached hydrogen (secondary N) is 2. The molecule has 8 heteroatoms. The lowest BCUT2D eigenvalue weighted by Crippen LogP contribution is -2.54. The summed E-state index contributed by atoms with van der Waals surface area (Å²) in [5, 5.41) is 5.49. The number of amides is 4. The Morgan fingerprint density at radius 2 is 1.71 bits per heavy atom. The third-order valence-corrected chi connectivity index (χ3v) is 6.06. The van der Waals surface area contributed by atoms with Gasteiger partial charge in [-0.05, 0) is 55.0 Å². The van der Waals surface area contributed by atoms with Gasteiger partial charge in [0.25, 0.3) is 11.8 Å². The largest absolute Gasteiger partial charge is 0.316 e. The molecular weight excluding hydrogens is 365 g/mol. The Bertz CT molecular complexity index is 890. The summed E-state index contributed by atoms with van der Waals surface area (Å²) in [6, 6.07) is 1.37. The third kappa shape index (κ3) is 2.83. The SMILES string of the molecule is CC1CNCC(C)C1c1cc(F)cc2c1C(=O)N(C1CCC(=O)NC1=O)C2=O. The lowest BCUT2D eigenvalue weighted by Gasteiger charge is -2.36. The van der Waals surface area contributed by atoms with Crippen LogP contribution in [0.1, 0.15) is 58.9 Å². The molecule has 7 nitrogen and oxygen atoms in total. The van der Waals surface area contributed by atoms with Crippen LogP contribution in [0.25, 0.3) is 0 Å². The first-order valence-corrected chi connectivity index (χ1v) is 9.55. The minimum absolute atomic E-state index is 0.00244. The van der Waals surface area contributed by atoms with E-state index in [-0.39, 0.29) is 41.7 Å². The summed E-state index contributed by atoms with van der Waals surface area (Å²) in [4.78, 5) is 50.7. The molecule has 0 spiro atoms. The second kappa shape index (κ2) is 6.77. The lowest BCUT2D eigenvalue weighted by molar-refractivity contribution is -0.136. The van der Waals surface area contributed by atoms with E-state index in [0.717, 1.165) is 24.1 Å². The zero-order valence-electron chi connectivity index (χ0n) is 15.8. The summed E-state index contributed by atoms with van der Waals surface area (Å²) in [6.07, 6.45) is 0.126. The van der Waals surface area contributed by atoms with Gasteiger partial charge in [-0.25, -0.2) is 4.39 Å². The molecule has 0 radical (unpaired) electrons. The Labute approximate surface area is 161 Å². The summed E-state index contributed by atoms with van der Waals surface area (Å²) < 4.78 is 14.4. The van der Waals surface area contributed by atoms with Gasteiger partial charge in [0.05, 0.1) is 11.1 Å². The average Bonchev–Trinajstić information content (AvgIpc) is 2.86. The summed E-state index contributed by atoms with van der Waals surface area (Å²) in [5.41, 5.74) is 0.731. The van der Waals surface area contributed by atoms with Crippen molar-refractivity contribution in [2.75, 3.05) is 13.1 Å². The first kappa shape index (κ1) is 18.7. The first-order chi connectivity index (χ1) is 13.3. The standard InChI is InChI=1S/C20H22FN3O4/c1-9-7-22-8-10(2)16(9)12-5-11(21)6-13-17(12)20(28)24(19(13)27)14-3-4-15(25)23-18(14)26/h5-6,9-10,14,16,22H,3-4,7-8H2,1-2H3,(H,23,25,26). The van der Waals surface area contributed by atoms with E-state index in [4.69, 9.17) is 0 Å². The smallest absolute Gasteiger partial charge is 0.262 e. The summed E-state index contributed by atoms with van der Waals surface area (Å²) in [6.45, 7) is 5.53. The fraction of sp³-hybridized carbons (Fsp3) is 0.500. The average molecular weight is 387 g/mol. The third-order valence-electron chi connectivity index (χ3n) is 6.06. The zero-order valence-corrected chi connectivity index (χ0v) is 15.8. The number of carbonyl (C=O) groups excluding carboxylic acids is 4. The number of hydrogen-bond donors (Lipinski definition) is 2. The molecule has 3 unspecified atom stereocenters. The van der Waals surface area contributed by atoms with E-state index in [1.165, 1.54) is 6.07 Å². The van der Waals surface area contributed by atoms with Gasteiger partial charge in [-0.15, -0.1) is 0 Å². The molecule has 1 aromatic rings. The van der Waals surface area contributed by atoms with Gasteiger partial charge in [0.1, 0.15) is 11.9 Å². The predicted octanol–water partition coefficient (Wildman–Crippen LogP) is 1.19. The molecule has 3 atom stereocenters. The molecule has 2 fully saturated rings. The number of halogens is 1. The van der Waals surface area contributed by atoms with Gasteiger partial charge in [0, 0.05) is 6.42 Å². The molecule has 0 bridgehead atoms. The molecule has 148 valence electrons. The van der Waals surface area contributed by atoms with Crippen LogP contribution in [0.3, 0.4) is 0 Å². The monoisotopic (exact) mass is 387 g/mol. The van der Waals surface area contributed by atoms with Crippen LogP contribution in [0.2, 0.25) is 0 Å². The van der Waals surface area contributed by atoms with Gasteiger partial charge in [-0.1, -0.05) is 13.8 Å². The summed E-state index contributed by atoms with van der Waals surface area (Å²) >= 11 is 0. The molecule has 3 aliphatic rings. The highest BCUT2D eigenvalue weighted by Crippen LogP contribution is 2.40. The minimum Gasteiger partial charge on any atom is -0.316 e. The molecule has 1 aromatic carbocycles. The van der Waals surface area contributed by atoms with Crippen LogP contribution in [0.5, 0.6) is 0 Å². The van der Waals surface area contributed by atoms with Gasteiger partial charge in [-0.2, -0.15) is 0 Å². The van der Waals surface area contributed by atoms with Crippen LogP contribution in [-0.4, -0.2) is 47.7 Å². The molecule has 2 saturated heterocycles. The van der Waals surface area contributed by atoms with Crippen molar-refractivity contribution < 1.29 is 23.6 Å². The molecule has 28 heavy (non-hydrogen) atoms. The Balaban J connectivity index is 1.78.